The summed E-state index contributed by atoms with van der Waals surface area (Å²) in [5, 5.41) is 3.53. The second-order valence-electron chi connectivity index (χ2n) is 6.28. The number of fused-ring (bicyclic) bond motifs is 1. The maximum atomic E-state index is 6.62. The predicted molar refractivity (Wildman–Crippen MR) is 89.1 cm³/mol. The first-order valence-electron chi connectivity index (χ1n) is 8.01. The van der Waals surface area contributed by atoms with E-state index in [1.165, 1.54) is 54.2 Å². The zero-order valence-corrected chi connectivity index (χ0v) is 13.2. The summed E-state index contributed by atoms with van der Waals surface area (Å²) in [4.78, 5) is 0. The lowest BCUT2D eigenvalue weighted by Gasteiger charge is -2.32. The SMILES string of the molecule is CCCC1CCC(C(N)c2cccc3ccsc23)CC1. The fourth-order valence-electron chi connectivity index (χ4n) is 3.78. The third kappa shape index (κ3) is 2.77. The van der Waals surface area contributed by atoms with Gasteiger partial charge < -0.3 is 5.73 Å². The van der Waals surface area contributed by atoms with Gasteiger partial charge in [0.05, 0.1) is 0 Å². The van der Waals surface area contributed by atoms with Gasteiger partial charge in [0.2, 0.25) is 0 Å². The molecule has 1 saturated carbocycles. The minimum atomic E-state index is 0.222. The molecule has 1 atom stereocenters. The monoisotopic (exact) mass is 287 g/mol. The summed E-state index contributed by atoms with van der Waals surface area (Å²) < 4.78 is 1.40. The Balaban J connectivity index is 1.73. The molecule has 0 radical (unpaired) electrons. The summed E-state index contributed by atoms with van der Waals surface area (Å²) in [6.07, 6.45) is 8.12. The molecule has 1 heterocycles. The molecule has 1 fully saturated rings. The van der Waals surface area contributed by atoms with E-state index in [0.717, 1.165) is 5.92 Å². The highest BCUT2D eigenvalue weighted by Crippen LogP contribution is 2.39. The standard InChI is InChI=1S/C18H25NS/c1-2-4-13-7-9-14(10-8-13)17(19)16-6-3-5-15-11-12-20-18(15)16/h3,5-6,11-14,17H,2,4,7-10,19H2,1H3. The Morgan fingerprint density at radius 1 is 1.20 bits per heavy atom. The second-order valence-corrected chi connectivity index (χ2v) is 7.20. The van der Waals surface area contributed by atoms with E-state index in [1.807, 2.05) is 11.3 Å². The van der Waals surface area contributed by atoms with Crippen LogP contribution >= 0.6 is 11.3 Å². The molecule has 1 aromatic carbocycles. The summed E-state index contributed by atoms with van der Waals surface area (Å²) in [6, 6.07) is 9.02. The van der Waals surface area contributed by atoms with Crippen molar-refractivity contribution in [2.24, 2.45) is 17.6 Å². The molecule has 0 saturated heterocycles. The molecule has 1 aliphatic carbocycles. The number of hydrogen-bond acceptors (Lipinski definition) is 2. The molecule has 108 valence electrons. The third-order valence-corrected chi connectivity index (χ3v) is 5.94. The lowest BCUT2D eigenvalue weighted by Crippen LogP contribution is -2.26. The first-order valence-corrected chi connectivity index (χ1v) is 8.89. The molecule has 0 amide bonds. The van der Waals surface area contributed by atoms with Crippen molar-refractivity contribution in [3.8, 4) is 0 Å². The Bertz CT molecular complexity index is 551. The summed E-state index contributed by atoms with van der Waals surface area (Å²) in [5.41, 5.74) is 7.99. The summed E-state index contributed by atoms with van der Waals surface area (Å²) in [7, 11) is 0. The molecule has 1 aromatic heterocycles. The van der Waals surface area contributed by atoms with Crippen LogP contribution in [0.25, 0.3) is 10.1 Å². The molecule has 0 bridgehead atoms. The van der Waals surface area contributed by atoms with Gasteiger partial charge in [-0.3, -0.25) is 0 Å². The Morgan fingerprint density at radius 3 is 2.75 bits per heavy atom. The molecule has 0 aliphatic heterocycles. The van der Waals surface area contributed by atoms with Crippen LogP contribution in [0.5, 0.6) is 0 Å². The van der Waals surface area contributed by atoms with Crippen LogP contribution < -0.4 is 5.73 Å². The first kappa shape index (κ1) is 14.1. The van der Waals surface area contributed by atoms with Crippen LogP contribution in [0.2, 0.25) is 0 Å². The number of thiophene rings is 1. The van der Waals surface area contributed by atoms with Crippen molar-refractivity contribution in [3.63, 3.8) is 0 Å². The normalized spacial score (nSPS) is 24.9. The van der Waals surface area contributed by atoms with E-state index in [1.54, 1.807) is 0 Å². The van der Waals surface area contributed by atoms with Gasteiger partial charge in [-0.15, -0.1) is 11.3 Å². The Kier molecular flexibility index (Phi) is 4.42. The van der Waals surface area contributed by atoms with E-state index >= 15 is 0 Å². The third-order valence-electron chi connectivity index (χ3n) is 4.96. The van der Waals surface area contributed by atoms with Gasteiger partial charge >= 0.3 is 0 Å². The largest absolute Gasteiger partial charge is 0.324 e. The van der Waals surface area contributed by atoms with Crippen LogP contribution in [0.15, 0.2) is 29.6 Å². The quantitative estimate of drug-likeness (QED) is 0.788. The number of nitrogens with two attached hydrogens (primary N) is 1. The summed E-state index contributed by atoms with van der Waals surface area (Å²) in [5.74, 6) is 1.64. The second kappa shape index (κ2) is 6.28. The van der Waals surface area contributed by atoms with E-state index in [-0.39, 0.29) is 6.04 Å². The van der Waals surface area contributed by atoms with Gasteiger partial charge in [-0.1, -0.05) is 50.8 Å². The highest BCUT2D eigenvalue weighted by Gasteiger charge is 2.27. The topological polar surface area (TPSA) is 26.0 Å². The van der Waals surface area contributed by atoms with Crippen molar-refractivity contribution in [2.45, 2.75) is 51.5 Å². The zero-order valence-electron chi connectivity index (χ0n) is 12.3. The average Bonchev–Trinajstić information content (AvgIpc) is 2.96. The van der Waals surface area contributed by atoms with E-state index in [4.69, 9.17) is 5.73 Å². The van der Waals surface area contributed by atoms with Gasteiger partial charge in [0, 0.05) is 10.7 Å². The van der Waals surface area contributed by atoms with Crippen LogP contribution in [0.3, 0.4) is 0 Å². The van der Waals surface area contributed by atoms with Gasteiger partial charge in [0.1, 0.15) is 0 Å². The van der Waals surface area contributed by atoms with Crippen LogP contribution in [-0.4, -0.2) is 0 Å². The molecule has 1 nitrogen and oxygen atoms in total. The molecule has 0 spiro atoms. The predicted octanol–water partition coefficient (Wildman–Crippen LogP) is 5.51. The maximum absolute atomic E-state index is 6.62. The first-order chi connectivity index (χ1) is 9.79. The van der Waals surface area contributed by atoms with Crippen molar-refractivity contribution in [3.05, 3.63) is 35.2 Å². The van der Waals surface area contributed by atoms with E-state index in [9.17, 15) is 0 Å². The van der Waals surface area contributed by atoms with Crippen molar-refractivity contribution in [2.75, 3.05) is 0 Å². The zero-order chi connectivity index (χ0) is 13.9. The molecule has 2 heteroatoms. The van der Waals surface area contributed by atoms with E-state index in [2.05, 4.69) is 36.6 Å². The molecule has 2 N–H and O–H groups in total. The van der Waals surface area contributed by atoms with Gasteiger partial charge in [-0.25, -0.2) is 0 Å². The van der Waals surface area contributed by atoms with E-state index in [0.29, 0.717) is 5.92 Å². The number of rotatable bonds is 4. The number of benzene rings is 1. The van der Waals surface area contributed by atoms with Crippen molar-refractivity contribution >= 4 is 21.4 Å². The summed E-state index contributed by atoms with van der Waals surface area (Å²) >= 11 is 1.83. The minimum absolute atomic E-state index is 0.222. The Hall–Kier alpha value is -0.860. The number of hydrogen-bond donors (Lipinski definition) is 1. The van der Waals surface area contributed by atoms with Crippen molar-refractivity contribution in [1.29, 1.82) is 0 Å². The molecule has 20 heavy (non-hydrogen) atoms. The fraction of sp³-hybridized carbons (Fsp3) is 0.556. The fourth-order valence-corrected chi connectivity index (χ4v) is 4.74. The van der Waals surface area contributed by atoms with Gasteiger partial charge in [-0.2, -0.15) is 0 Å². The van der Waals surface area contributed by atoms with Crippen LogP contribution in [0, 0.1) is 11.8 Å². The molecule has 1 aliphatic rings. The smallest absolute Gasteiger partial charge is 0.0390 e. The van der Waals surface area contributed by atoms with Crippen LogP contribution in [-0.2, 0) is 0 Å². The van der Waals surface area contributed by atoms with Crippen LogP contribution in [0.1, 0.15) is 57.1 Å². The lowest BCUT2D eigenvalue weighted by molar-refractivity contribution is 0.235. The average molecular weight is 287 g/mol. The van der Waals surface area contributed by atoms with E-state index < -0.39 is 0 Å². The molecule has 2 aromatic rings. The minimum Gasteiger partial charge on any atom is -0.324 e. The van der Waals surface area contributed by atoms with Crippen LogP contribution in [0.4, 0.5) is 0 Å². The Morgan fingerprint density at radius 2 is 2.00 bits per heavy atom. The highest BCUT2D eigenvalue weighted by molar-refractivity contribution is 7.17. The van der Waals surface area contributed by atoms with Crippen molar-refractivity contribution < 1.29 is 0 Å². The van der Waals surface area contributed by atoms with Crippen molar-refractivity contribution in [1.82, 2.24) is 0 Å². The van der Waals surface area contributed by atoms with Gasteiger partial charge in [-0.05, 0) is 47.1 Å². The Labute approximate surface area is 126 Å². The molecular weight excluding hydrogens is 262 g/mol. The van der Waals surface area contributed by atoms with Gasteiger partial charge in [0.15, 0.2) is 0 Å². The maximum Gasteiger partial charge on any atom is 0.0390 e. The molecular formula is C18H25NS. The highest BCUT2D eigenvalue weighted by atomic mass is 32.1. The molecule has 3 rings (SSSR count). The molecule has 1 unspecified atom stereocenters. The summed E-state index contributed by atoms with van der Waals surface area (Å²) in [6.45, 7) is 2.30. The lowest BCUT2D eigenvalue weighted by atomic mass is 9.76. The van der Waals surface area contributed by atoms with Gasteiger partial charge in [0.25, 0.3) is 0 Å².